The van der Waals surface area contributed by atoms with Gasteiger partial charge in [0.1, 0.15) is 0 Å². The summed E-state index contributed by atoms with van der Waals surface area (Å²) in [7, 11) is 0. The van der Waals surface area contributed by atoms with Crippen molar-refractivity contribution < 1.29 is 0 Å². The van der Waals surface area contributed by atoms with Crippen molar-refractivity contribution in [1.82, 2.24) is 4.90 Å². The number of para-hydroxylation sites is 1. The van der Waals surface area contributed by atoms with Gasteiger partial charge in [-0.1, -0.05) is 45.9 Å². The Balaban J connectivity index is 2.00. The Morgan fingerprint density at radius 1 is 1.19 bits per heavy atom. The van der Waals surface area contributed by atoms with Crippen LogP contribution in [-0.4, -0.2) is 30.6 Å². The predicted molar refractivity (Wildman–Crippen MR) is 92.9 cm³/mol. The molecule has 1 aliphatic heterocycles. The van der Waals surface area contributed by atoms with Gasteiger partial charge < -0.3 is 5.32 Å². The van der Waals surface area contributed by atoms with E-state index in [1.54, 1.807) is 0 Å². The zero-order valence-electron chi connectivity index (χ0n) is 14.2. The Labute approximate surface area is 130 Å². The minimum absolute atomic E-state index is 0.735. The fourth-order valence-electron chi connectivity index (χ4n) is 3.62. The first-order valence-electron chi connectivity index (χ1n) is 8.69. The normalized spacial score (nSPS) is 18.1. The number of fused-ring (bicyclic) bond motifs is 1. The van der Waals surface area contributed by atoms with Crippen LogP contribution in [0, 0.1) is 11.8 Å². The van der Waals surface area contributed by atoms with E-state index < -0.39 is 0 Å². The van der Waals surface area contributed by atoms with Gasteiger partial charge in [-0.2, -0.15) is 0 Å². The van der Waals surface area contributed by atoms with Gasteiger partial charge in [-0.25, -0.2) is 0 Å². The van der Waals surface area contributed by atoms with Gasteiger partial charge >= 0.3 is 0 Å². The quantitative estimate of drug-likeness (QED) is 0.799. The first kappa shape index (κ1) is 16.4. The van der Waals surface area contributed by atoms with Gasteiger partial charge in [-0.05, 0) is 42.7 Å². The van der Waals surface area contributed by atoms with E-state index in [4.69, 9.17) is 0 Å². The van der Waals surface area contributed by atoms with Gasteiger partial charge in [0, 0.05) is 31.4 Å². The average molecular weight is 288 g/mol. The third-order valence-electron chi connectivity index (χ3n) is 4.66. The summed E-state index contributed by atoms with van der Waals surface area (Å²) in [6.07, 6.45) is 3.75. The summed E-state index contributed by atoms with van der Waals surface area (Å²) in [5.74, 6) is 1.48. The highest BCUT2D eigenvalue weighted by atomic mass is 15.2. The maximum Gasteiger partial charge on any atom is 0.0372 e. The minimum atomic E-state index is 0.735. The molecule has 0 spiro atoms. The third kappa shape index (κ3) is 4.47. The topological polar surface area (TPSA) is 15.3 Å². The summed E-state index contributed by atoms with van der Waals surface area (Å²) in [6, 6.07) is 9.51. The highest BCUT2D eigenvalue weighted by Gasteiger charge is 2.23. The Kier molecular flexibility index (Phi) is 6.10. The fraction of sp³-hybridized carbons (Fsp3) is 0.684. The van der Waals surface area contributed by atoms with Crippen LogP contribution < -0.4 is 5.32 Å². The van der Waals surface area contributed by atoms with E-state index in [1.165, 1.54) is 43.6 Å². The van der Waals surface area contributed by atoms with E-state index in [-0.39, 0.29) is 0 Å². The molecule has 0 aliphatic carbocycles. The molecule has 1 atom stereocenters. The highest BCUT2D eigenvalue weighted by molar-refractivity contribution is 5.53. The number of rotatable bonds is 7. The van der Waals surface area contributed by atoms with Crippen molar-refractivity contribution in [2.45, 2.75) is 53.0 Å². The van der Waals surface area contributed by atoms with Crippen molar-refractivity contribution in [3.63, 3.8) is 0 Å². The molecule has 0 fully saturated rings. The van der Waals surface area contributed by atoms with Crippen molar-refractivity contribution in [2.24, 2.45) is 11.8 Å². The Morgan fingerprint density at radius 2 is 1.90 bits per heavy atom. The summed E-state index contributed by atoms with van der Waals surface area (Å²) in [5, 5.41) is 3.62. The fourth-order valence-corrected chi connectivity index (χ4v) is 3.62. The molecule has 2 heteroatoms. The van der Waals surface area contributed by atoms with Crippen LogP contribution in [0.4, 0.5) is 5.69 Å². The largest absolute Gasteiger partial charge is 0.384 e. The van der Waals surface area contributed by atoms with Crippen LogP contribution in [0.3, 0.4) is 0 Å². The van der Waals surface area contributed by atoms with E-state index in [0.29, 0.717) is 0 Å². The minimum Gasteiger partial charge on any atom is -0.384 e. The molecule has 0 bridgehead atoms. The first-order chi connectivity index (χ1) is 10.1. The standard InChI is InChI=1S/C19H32N2/c1-5-18(6-2)21(13-15(3)4)14-16-11-17-9-7-8-10-19(17)20-12-16/h7-10,15-16,18,20H,5-6,11-14H2,1-4H3. The maximum absolute atomic E-state index is 3.62. The number of nitrogens with one attached hydrogen (secondary N) is 1. The average Bonchev–Trinajstić information content (AvgIpc) is 2.47. The van der Waals surface area contributed by atoms with Crippen molar-refractivity contribution in [3.05, 3.63) is 29.8 Å². The molecule has 1 unspecified atom stereocenters. The van der Waals surface area contributed by atoms with E-state index in [1.807, 2.05) is 0 Å². The predicted octanol–water partition coefficient (Wildman–Crippen LogP) is 4.42. The summed E-state index contributed by atoms with van der Waals surface area (Å²) in [4.78, 5) is 2.74. The van der Waals surface area contributed by atoms with Crippen molar-refractivity contribution in [1.29, 1.82) is 0 Å². The molecule has 2 nitrogen and oxygen atoms in total. The van der Waals surface area contributed by atoms with Crippen LogP contribution in [0.25, 0.3) is 0 Å². The van der Waals surface area contributed by atoms with E-state index in [0.717, 1.165) is 24.4 Å². The van der Waals surface area contributed by atoms with Gasteiger partial charge in [0.2, 0.25) is 0 Å². The van der Waals surface area contributed by atoms with Gasteiger partial charge in [0.05, 0.1) is 0 Å². The van der Waals surface area contributed by atoms with Crippen LogP contribution in [-0.2, 0) is 6.42 Å². The monoisotopic (exact) mass is 288 g/mol. The summed E-state index contributed by atoms with van der Waals surface area (Å²) < 4.78 is 0. The zero-order valence-corrected chi connectivity index (χ0v) is 14.2. The molecule has 2 rings (SSSR count). The molecule has 21 heavy (non-hydrogen) atoms. The molecule has 1 N–H and O–H groups in total. The maximum atomic E-state index is 3.62. The summed E-state index contributed by atoms with van der Waals surface area (Å²) in [5.41, 5.74) is 2.83. The lowest BCUT2D eigenvalue weighted by Crippen LogP contribution is -2.43. The van der Waals surface area contributed by atoms with E-state index in [9.17, 15) is 0 Å². The lowest BCUT2D eigenvalue weighted by atomic mass is 9.92. The number of anilines is 1. The number of nitrogens with zero attached hydrogens (tertiary/aromatic N) is 1. The van der Waals surface area contributed by atoms with Crippen LogP contribution >= 0.6 is 0 Å². The van der Waals surface area contributed by atoms with Crippen LogP contribution in [0.5, 0.6) is 0 Å². The smallest absolute Gasteiger partial charge is 0.0372 e. The lowest BCUT2D eigenvalue weighted by molar-refractivity contribution is 0.141. The lowest BCUT2D eigenvalue weighted by Gasteiger charge is -2.36. The molecule has 0 saturated heterocycles. The molecule has 118 valence electrons. The molecule has 0 saturated carbocycles. The van der Waals surface area contributed by atoms with E-state index >= 15 is 0 Å². The SMILES string of the molecule is CCC(CC)N(CC(C)C)CC1CNc2ccccc2C1. The second-order valence-electron chi connectivity index (χ2n) is 6.93. The Bertz CT molecular complexity index is 423. The van der Waals surface area contributed by atoms with Crippen LogP contribution in [0.1, 0.15) is 46.1 Å². The molecule has 1 aliphatic rings. The Morgan fingerprint density at radius 3 is 2.57 bits per heavy atom. The molecule has 0 amide bonds. The Hall–Kier alpha value is -1.02. The van der Waals surface area contributed by atoms with Crippen LogP contribution in [0.15, 0.2) is 24.3 Å². The third-order valence-corrected chi connectivity index (χ3v) is 4.66. The van der Waals surface area contributed by atoms with Crippen molar-refractivity contribution in [3.8, 4) is 0 Å². The summed E-state index contributed by atoms with van der Waals surface area (Å²) >= 11 is 0. The first-order valence-corrected chi connectivity index (χ1v) is 8.69. The number of benzene rings is 1. The molecule has 0 radical (unpaired) electrons. The molecular weight excluding hydrogens is 256 g/mol. The summed E-state index contributed by atoms with van der Waals surface area (Å²) in [6.45, 7) is 12.9. The molecular formula is C19H32N2. The molecule has 1 aromatic carbocycles. The van der Waals surface area contributed by atoms with Gasteiger partial charge in [0.25, 0.3) is 0 Å². The van der Waals surface area contributed by atoms with E-state index in [2.05, 4.69) is 62.2 Å². The number of hydrogen-bond acceptors (Lipinski definition) is 2. The zero-order chi connectivity index (χ0) is 15.2. The van der Waals surface area contributed by atoms with Crippen molar-refractivity contribution in [2.75, 3.05) is 25.0 Å². The van der Waals surface area contributed by atoms with Gasteiger partial charge in [0.15, 0.2) is 0 Å². The van der Waals surface area contributed by atoms with Gasteiger partial charge in [-0.15, -0.1) is 0 Å². The van der Waals surface area contributed by atoms with Gasteiger partial charge in [-0.3, -0.25) is 4.90 Å². The van der Waals surface area contributed by atoms with Crippen molar-refractivity contribution >= 4 is 5.69 Å². The van der Waals surface area contributed by atoms with Crippen LogP contribution in [0.2, 0.25) is 0 Å². The number of hydrogen-bond donors (Lipinski definition) is 1. The molecule has 1 aromatic rings. The second-order valence-corrected chi connectivity index (χ2v) is 6.93. The second kappa shape index (κ2) is 7.84. The molecule has 0 aromatic heterocycles. The molecule has 1 heterocycles. The highest BCUT2D eigenvalue weighted by Crippen LogP contribution is 2.26.